The molecule has 0 saturated heterocycles. The van der Waals surface area contributed by atoms with Crippen LogP contribution in [0.3, 0.4) is 0 Å². The summed E-state index contributed by atoms with van der Waals surface area (Å²) in [4.78, 5) is 4.29. The maximum atomic E-state index is 6.14. The minimum absolute atomic E-state index is 0.431. The van der Waals surface area contributed by atoms with Gasteiger partial charge in [-0.05, 0) is 24.1 Å². The molecule has 0 aliphatic rings. The molecule has 90 valence electrons. The first-order chi connectivity index (χ1) is 8.09. The Balaban J connectivity index is 2.53. The highest BCUT2D eigenvalue weighted by atomic mass is 35.5. The summed E-state index contributed by atoms with van der Waals surface area (Å²) in [7, 11) is 0. The monoisotopic (exact) mass is 269 g/mol. The van der Waals surface area contributed by atoms with Gasteiger partial charge >= 0.3 is 0 Å². The van der Waals surface area contributed by atoms with Gasteiger partial charge in [0.05, 0.1) is 16.7 Å². The van der Waals surface area contributed by atoms with Gasteiger partial charge in [0.1, 0.15) is 5.52 Å². The smallest absolute Gasteiger partial charge is 0.164 e. The Kier molecular flexibility index (Phi) is 3.75. The Labute approximate surface area is 111 Å². The number of aromatic nitrogens is 1. The summed E-state index contributed by atoms with van der Waals surface area (Å²) in [5, 5.41) is 1.95. The molecule has 1 aromatic carbocycles. The van der Waals surface area contributed by atoms with Crippen molar-refractivity contribution in [2.45, 2.75) is 13.8 Å². The summed E-state index contributed by atoms with van der Waals surface area (Å²) in [5.41, 5.74) is 0.714. The first-order valence-electron chi connectivity index (χ1n) is 5.45. The second-order valence-electron chi connectivity index (χ2n) is 4.27. The van der Waals surface area contributed by atoms with Crippen LogP contribution < -0.4 is 4.74 Å². The van der Waals surface area contributed by atoms with Crippen molar-refractivity contribution in [2.75, 3.05) is 6.61 Å². The molecular formula is C13H13Cl2NO. The number of pyridine rings is 1. The Morgan fingerprint density at radius 2 is 2.06 bits per heavy atom. The average Bonchev–Trinajstić information content (AvgIpc) is 2.28. The summed E-state index contributed by atoms with van der Waals surface area (Å²) in [5.74, 6) is 1.04. The number of ether oxygens (including phenoxy) is 1. The van der Waals surface area contributed by atoms with Crippen LogP contribution in [0.2, 0.25) is 10.0 Å². The fourth-order valence-electron chi connectivity index (χ4n) is 1.53. The van der Waals surface area contributed by atoms with Crippen molar-refractivity contribution in [1.29, 1.82) is 0 Å². The molecule has 4 heteroatoms. The van der Waals surface area contributed by atoms with Crippen LogP contribution in [0.25, 0.3) is 10.9 Å². The molecule has 0 aliphatic carbocycles. The van der Waals surface area contributed by atoms with E-state index in [2.05, 4.69) is 18.8 Å². The van der Waals surface area contributed by atoms with E-state index in [0.29, 0.717) is 33.8 Å². The molecule has 0 bridgehead atoms. The highest BCUT2D eigenvalue weighted by Gasteiger charge is 2.12. The lowest BCUT2D eigenvalue weighted by Crippen LogP contribution is -2.05. The van der Waals surface area contributed by atoms with Crippen LogP contribution in [0.15, 0.2) is 24.4 Å². The normalized spacial score (nSPS) is 11.1. The van der Waals surface area contributed by atoms with Gasteiger partial charge in [0.2, 0.25) is 0 Å². The van der Waals surface area contributed by atoms with Gasteiger partial charge in [0.25, 0.3) is 0 Å². The number of halogens is 2. The first-order valence-corrected chi connectivity index (χ1v) is 6.20. The van der Waals surface area contributed by atoms with Crippen LogP contribution >= 0.6 is 23.2 Å². The molecule has 0 aliphatic heterocycles. The van der Waals surface area contributed by atoms with Crippen molar-refractivity contribution in [3.8, 4) is 5.75 Å². The number of hydrogen-bond acceptors (Lipinski definition) is 2. The predicted molar refractivity (Wildman–Crippen MR) is 72.1 cm³/mol. The van der Waals surface area contributed by atoms with E-state index >= 15 is 0 Å². The fourth-order valence-corrected chi connectivity index (χ4v) is 2.10. The lowest BCUT2D eigenvalue weighted by atomic mass is 10.2. The number of hydrogen-bond donors (Lipinski definition) is 0. The van der Waals surface area contributed by atoms with Crippen LogP contribution in [0.1, 0.15) is 13.8 Å². The SMILES string of the molecule is CC(C)COc1c(Cl)cc(Cl)c2cccnc12. The maximum Gasteiger partial charge on any atom is 0.164 e. The van der Waals surface area contributed by atoms with Crippen LogP contribution in [0.5, 0.6) is 5.75 Å². The molecule has 2 nitrogen and oxygen atoms in total. The Morgan fingerprint density at radius 1 is 1.29 bits per heavy atom. The second kappa shape index (κ2) is 5.11. The number of fused-ring (bicyclic) bond motifs is 1. The lowest BCUT2D eigenvalue weighted by molar-refractivity contribution is 0.274. The summed E-state index contributed by atoms with van der Waals surface area (Å²) in [6, 6.07) is 5.44. The topological polar surface area (TPSA) is 22.1 Å². The zero-order valence-electron chi connectivity index (χ0n) is 9.71. The van der Waals surface area contributed by atoms with E-state index in [0.717, 1.165) is 5.39 Å². The van der Waals surface area contributed by atoms with Crippen LogP contribution in [-0.4, -0.2) is 11.6 Å². The maximum absolute atomic E-state index is 6.14. The van der Waals surface area contributed by atoms with Crippen molar-refractivity contribution in [1.82, 2.24) is 4.98 Å². The molecule has 0 saturated carbocycles. The minimum Gasteiger partial charge on any atom is -0.489 e. The third-order valence-electron chi connectivity index (χ3n) is 2.31. The second-order valence-corrected chi connectivity index (χ2v) is 5.09. The molecule has 2 aromatic rings. The van der Waals surface area contributed by atoms with E-state index in [1.165, 1.54) is 0 Å². The molecule has 0 N–H and O–H groups in total. The molecule has 2 rings (SSSR count). The van der Waals surface area contributed by atoms with Crippen molar-refractivity contribution in [3.05, 3.63) is 34.4 Å². The molecule has 17 heavy (non-hydrogen) atoms. The summed E-state index contributed by atoms with van der Waals surface area (Å²) in [6.45, 7) is 4.77. The van der Waals surface area contributed by atoms with Crippen LogP contribution in [0.4, 0.5) is 0 Å². The van der Waals surface area contributed by atoms with Gasteiger partial charge in [-0.2, -0.15) is 0 Å². The number of rotatable bonds is 3. The van der Waals surface area contributed by atoms with E-state index in [1.54, 1.807) is 12.3 Å². The highest BCUT2D eigenvalue weighted by Crippen LogP contribution is 2.36. The Morgan fingerprint density at radius 3 is 2.76 bits per heavy atom. The fraction of sp³-hybridized carbons (Fsp3) is 0.308. The van der Waals surface area contributed by atoms with Gasteiger partial charge < -0.3 is 4.74 Å². The van der Waals surface area contributed by atoms with Crippen molar-refractivity contribution >= 4 is 34.1 Å². The molecule has 1 aromatic heterocycles. The zero-order chi connectivity index (χ0) is 12.4. The third-order valence-corrected chi connectivity index (χ3v) is 2.90. The van der Waals surface area contributed by atoms with E-state index in [4.69, 9.17) is 27.9 Å². The average molecular weight is 270 g/mol. The summed E-state index contributed by atoms with van der Waals surface area (Å²) < 4.78 is 5.71. The van der Waals surface area contributed by atoms with Gasteiger partial charge in [-0.25, -0.2) is 0 Å². The van der Waals surface area contributed by atoms with Crippen molar-refractivity contribution in [2.24, 2.45) is 5.92 Å². The Bertz CT molecular complexity index is 540. The van der Waals surface area contributed by atoms with Gasteiger partial charge in [-0.15, -0.1) is 0 Å². The van der Waals surface area contributed by atoms with Gasteiger partial charge in [0.15, 0.2) is 5.75 Å². The zero-order valence-corrected chi connectivity index (χ0v) is 11.2. The standard InChI is InChI=1S/C13H13Cl2NO/c1-8(2)7-17-13-11(15)6-10(14)9-4-3-5-16-12(9)13/h3-6,8H,7H2,1-2H3. The van der Waals surface area contributed by atoms with Crippen LogP contribution in [0, 0.1) is 5.92 Å². The lowest BCUT2D eigenvalue weighted by Gasteiger charge is -2.13. The first kappa shape index (κ1) is 12.5. The van der Waals surface area contributed by atoms with Crippen molar-refractivity contribution < 1.29 is 4.74 Å². The molecule has 0 atom stereocenters. The van der Waals surface area contributed by atoms with Crippen LogP contribution in [-0.2, 0) is 0 Å². The van der Waals surface area contributed by atoms with E-state index < -0.39 is 0 Å². The van der Waals surface area contributed by atoms with E-state index in [-0.39, 0.29) is 0 Å². The Hall–Kier alpha value is -0.990. The predicted octanol–water partition coefficient (Wildman–Crippen LogP) is 4.58. The molecule has 1 heterocycles. The minimum atomic E-state index is 0.431. The quantitative estimate of drug-likeness (QED) is 0.814. The van der Waals surface area contributed by atoms with Gasteiger partial charge in [0, 0.05) is 11.6 Å². The van der Waals surface area contributed by atoms with E-state index in [1.807, 2.05) is 12.1 Å². The molecular weight excluding hydrogens is 257 g/mol. The third kappa shape index (κ3) is 2.64. The molecule has 0 spiro atoms. The van der Waals surface area contributed by atoms with Crippen molar-refractivity contribution in [3.63, 3.8) is 0 Å². The number of nitrogens with zero attached hydrogens (tertiary/aromatic N) is 1. The largest absolute Gasteiger partial charge is 0.489 e. The summed E-state index contributed by atoms with van der Waals surface area (Å²) in [6.07, 6.45) is 1.71. The molecule has 0 unspecified atom stereocenters. The molecule has 0 amide bonds. The van der Waals surface area contributed by atoms with E-state index in [9.17, 15) is 0 Å². The van der Waals surface area contributed by atoms with Gasteiger partial charge in [-0.1, -0.05) is 37.0 Å². The molecule has 0 radical (unpaired) electrons. The highest BCUT2D eigenvalue weighted by molar-refractivity contribution is 6.39. The number of benzene rings is 1. The van der Waals surface area contributed by atoms with Gasteiger partial charge in [-0.3, -0.25) is 4.98 Å². The molecule has 0 fully saturated rings. The summed E-state index contributed by atoms with van der Waals surface area (Å²) >= 11 is 12.3.